The lowest BCUT2D eigenvalue weighted by Gasteiger charge is -2.27. The highest BCUT2D eigenvalue weighted by atomic mass is 16.5. The summed E-state index contributed by atoms with van der Waals surface area (Å²) in [5, 5.41) is 73.7. The Balaban J connectivity index is 1.11. The van der Waals surface area contributed by atoms with Crippen molar-refractivity contribution >= 4 is 17.9 Å². The summed E-state index contributed by atoms with van der Waals surface area (Å²) in [7, 11) is 0. The van der Waals surface area contributed by atoms with Crippen molar-refractivity contribution in [2.24, 2.45) is 0 Å². The predicted octanol–water partition coefficient (Wildman–Crippen LogP) is 18.0. The molecule has 11 rings (SSSR count). The molecule has 0 saturated heterocycles. The van der Waals surface area contributed by atoms with E-state index in [-0.39, 0.29) is 59.5 Å². The van der Waals surface area contributed by atoms with Crippen molar-refractivity contribution in [2.75, 3.05) is 0 Å². The zero-order valence-electron chi connectivity index (χ0n) is 55.3. The monoisotopic (exact) mass is 1290 g/mol. The minimum Gasteiger partial charge on any atom is -0.508 e. The molecule has 11 aromatic carbocycles. The predicted molar refractivity (Wildman–Crippen MR) is 376 cm³/mol. The maximum atomic E-state index is 12.0. The molecule has 11 aromatic rings. The molecule has 0 saturated carbocycles. The standard InChI is InChI=1S/C84H76O13/c1-47-34-73(85)51(5)30-66(47)79(67-31-52(6)74(86)35-48(67)2)71-41-58(20-28-77(71)95-44-55-14-22-62(23-15-55)82(89)90)38-60-40-65(81(70(43-60)61-12-10-9-11-13-61)97-46-57-18-26-64(27-19-57)84(93)94)39-59-21-29-78(96-45-56-16-24-63(25-17-56)83(91)92)72(42-59)80(68-32-53(7)75(87)36-49(68)3)69-33-54(8)76(88)37-50(69)4/h9-37,40-43,79-80,85-88H,38-39,44-46H2,1-8H3,(H,89,90)(H,91,92)(H,93,94). The van der Waals surface area contributed by atoms with Crippen LogP contribution >= 0.6 is 0 Å². The molecule has 0 amide bonds. The highest BCUT2D eigenvalue weighted by Crippen LogP contribution is 2.47. The quantitative estimate of drug-likeness (QED) is 0.0297. The molecule has 13 nitrogen and oxygen atoms in total. The summed E-state index contributed by atoms with van der Waals surface area (Å²) in [6.07, 6.45) is 0.736. The topological polar surface area (TPSA) is 221 Å². The van der Waals surface area contributed by atoms with E-state index >= 15 is 0 Å². The first-order valence-electron chi connectivity index (χ1n) is 32.0. The van der Waals surface area contributed by atoms with Crippen molar-refractivity contribution in [1.29, 1.82) is 0 Å². The first-order valence-corrected chi connectivity index (χ1v) is 32.0. The van der Waals surface area contributed by atoms with E-state index in [4.69, 9.17) is 14.2 Å². The molecule has 0 spiro atoms. The van der Waals surface area contributed by atoms with E-state index in [1.807, 2.05) is 134 Å². The lowest BCUT2D eigenvalue weighted by molar-refractivity contribution is 0.0686. The number of benzene rings is 11. The van der Waals surface area contributed by atoms with Crippen molar-refractivity contribution < 1.29 is 64.3 Å². The van der Waals surface area contributed by atoms with Gasteiger partial charge in [0.05, 0.1) is 16.7 Å². The molecule has 13 heteroatoms. The van der Waals surface area contributed by atoms with Crippen LogP contribution in [0.5, 0.6) is 40.2 Å². The summed E-state index contributed by atoms with van der Waals surface area (Å²) in [4.78, 5) is 35.8. The fourth-order valence-corrected chi connectivity index (χ4v) is 12.8. The van der Waals surface area contributed by atoms with Gasteiger partial charge < -0.3 is 50.0 Å². The normalized spacial score (nSPS) is 11.3. The maximum absolute atomic E-state index is 12.0. The summed E-state index contributed by atoms with van der Waals surface area (Å²) in [5.41, 5.74) is 19.3. The number of rotatable bonds is 23. The Morgan fingerprint density at radius 3 is 1.00 bits per heavy atom. The average molecular weight is 1290 g/mol. The zero-order chi connectivity index (χ0) is 68.9. The van der Waals surface area contributed by atoms with Crippen molar-refractivity contribution in [2.45, 2.75) is 99.9 Å². The first kappa shape index (κ1) is 66.9. The lowest BCUT2D eigenvalue weighted by atomic mass is 9.78. The summed E-state index contributed by atoms with van der Waals surface area (Å²) in [5.74, 6) is -1.74. The number of ether oxygens (including phenoxy) is 3. The number of aromatic hydroxyl groups is 4. The van der Waals surface area contributed by atoms with E-state index in [0.717, 1.165) is 106 Å². The third kappa shape index (κ3) is 15.0. The Morgan fingerprint density at radius 2 is 0.649 bits per heavy atom. The number of hydrogen-bond acceptors (Lipinski definition) is 10. The van der Waals surface area contributed by atoms with Crippen LogP contribution in [0.4, 0.5) is 0 Å². The molecule has 0 aliphatic carbocycles. The number of carboxylic acid groups (broad SMARTS) is 3. The maximum Gasteiger partial charge on any atom is 0.335 e. The Hall–Kier alpha value is -11.6. The Labute approximate surface area is 564 Å². The second-order valence-electron chi connectivity index (χ2n) is 25.3. The fraction of sp³-hybridized carbons (Fsp3) is 0.179. The number of phenols is 4. The van der Waals surface area contributed by atoms with E-state index in [1.165, 1.54) is 0 Å². The minimum atomic E-state index is -1.04. The van der Waals surface area contributed by atoms with Crippen LogP contribution in [0.2, 0.25) is 0 Å². The van der Waals surface area contributed by atoms with Gasteiger partial charge in [-0.05, 0) is 252 Å². The van der Waals surface area contributed by atoms with Crippen molar-refractivity contribution in [1.82, 2.24) is 0 Å². The number of hydrogen-bond donors (Lipinski definition) is 7. The zero-order valence-corrected chi connectivity index (χ0v) is 55.3. The largest absolute Gasteiger partial charge is 0.508 e. The summed E-state index contributed by atoms with van der Waals surface area (Å²) >= 11 is 0. The first-order chi connectivity index (χ1) is 46.5. The van der Waals surface area contributed by atoms with Crippen molar-refractivity contribution in [3.63, 3.8) is 0 Å². The van der Waals surface area contributed by atoms with Gasteiger partial charge in [0, 0.05) is 34.9 Å². The van der Waals surface area contributed by atoms with Gasteiger partial charge in [-0.15, -0.1) is 0 Å². The molecule has 0 bridgehead atoms. The Bertz CT molecular complexity index is 4690. The molecule has 0 heterocycles. The van der Waals surface area contributed by atoms with Gasteiger partial charge >= 0.3 is 17.9 Å². The average Bonchev–Trinajstić information content (AvgIpc) is 0.774. The van der Waals surface area contributed by atoms with E-state index in [1.54, 1.807) is 97.1 Å². The highest BCUT2D eigenvalue weighted by Gasteiger charge is 2.30. The Morgan fingerprint density at radius 1 is 0.320 bits per heavy atom. The summed E-state index contributed by atoms with van der Waals surface area (Å²) in [6, 6.07) is 61.5. The highest BCUT2D eigenvalue weighted by molar-refractivity contribution is 5.88. The molecular weight excluding hydrogens is 1220 g/mol. The second-order valence-corrected chi connectivity index (χ2v) is 25.3. The number of carbonyl (C=O) groups is 3. The molecule has 490 valence electrons. The smallest absolute Gasteiger partial charge is 0.335 e. The van der Waals surface area contributed by atoms with E-state index in [9.17, 15) is 50.1 Å². The van der Waals surface area contributed by atoms with Crippen LogP contribution in [-0.4, -0.2) is 53.7 Å². The van der Waals surface area contributed by atoms with E-state index in [0.29, 0.717) is 52.3 Å². The lowest BCUT2D eigenvalue weighted by Crippen LogP contribution is -2.12. The van der Waals surface area contributed by atoms with Gasteiger partial charge in [-0.2, -0.15) is 0 Å². The van der Waals surface area contributed by atoms with Gasteiger partial charge in [-0.3, -0.25) is 0 Å². The van der Waals surface area contributed by atoms with E-state index in [2.05, 4.69) is 24.3 Å². The molecular formula is C84H76O13. The number of aromatic carboxylic acids is 3. The van der Waals surface area contributed by atoms with Crippen LogP contribution in [0.25, 0.3) is 11.1 Å². The van der Waals surface area contributed by atoms with Gasteiger partial charge in [0.25, 0.3) is 0 Å². The van der Waals surface area contributed by atoms with Gasteiger partial charge in [-0.1, -0.05) is 121 Å². The third-order valence-electron chi connectivity index (χ3n) is 18.2. The van der Waals surface area contributed by atoms with Crippen LogP contribution in [0.1, 0.15) is 160 Å². The number of aryl methyl sites for hydroxylation is 8. The number of phenolic OH excluding ortho intramolecular Hbond substituents is 4. The molecule has 0 aliphatic heterocycles. The van der Waals surface area contributed by atoms with Crippen molar-refractivity contribution in [3.8, 4) is 51.4 Å². The van der Waals surface area contributed by atoms with Gasteiger partial charge in [0.2, 0.25) is 0 Å². The molecule has 7 N–H and O–H groups in total. The van der Waals surface area contributed by atoms with Gasteiger partial charge in [-0.25, -0.2) is 14.4 Å². The Kier molecular flexibility index (Phi) is 19.7. The van der Waals surface area contributed by atoms with Gasteiger partial charge in [0.15, 0.2) is 0 Å². The van der Waals surface area contributed by atoms with Crippen LogP contribution in [0.3, 0.4) is 0 Å². The second kappa shape index (κ2) is 28.6. The van der Waals surface area contributed by atoms with E-state index < -0.39 is 29.7 Å². The molecule has 0 atom stereocenters. The SMILES string of the molecule is Cc1cc(C(c2cc(C)c(O)cc2C)c2cc(Cc3cc(Cc4ccc(OCc5ccc(C(=O)O)cc5)c(C(c5cc(C)c(O)cc5C)c5cc(C)c(O)cc5C)c4)c(OCc4ccc(C(=O)O)cc4)c(-c4ccccc4)c3)ccc2OCc2ccc(C(=O)O)cc2)c(C)cc1O. The van der Waals surface area contributed by atoms with Crippen LogP contribution in [0, 0.1) is 55.4 Å². The number of carboxylic acids is 3. The summed E-state index contributed by atoms with van der Waals surface area (Å²) in [6.45, 7) is 15.7. The molecule has 0 fully saturated rings. The third-order valence-corrected chi connectivity index (χ3v) is 18.2. The molecule has 0 radical (unpaired) electrons. The van der Waals surface area contributed by atoms with Crippen LogP contribution in [-0.2, 0) is 32.7 Å². The van der Waals surface area contributed by atoms with Gasteiger partial charge in [0.1, 0.15) is 60.1 Å². The molecule has 0 unspecified atom stereocenters. The molecule has 97 heavy (non-hydrogen) atoms. The summed E-state index contributed by atoms with van der Waals surface area (Å²) < 4.78 is 20.8. The molecule has 0 aliphatic rings. The fourth-order valence-electron chi connectivity index (χ4n) is 12.8. The van der Waals surface area contributed by atoms with Crippen LogP contribution in [0.15, 0.2) is 200 Å². The van der Waals surface area contributed by atoms with Crippen LogP contribution < -0.4 is 14.2 Å². The minimum absolute atomic E-state index is 0.0980. The van der Waals surface area contributed by atoms with Crippen molar-refractivity contribution in [3.05, 3.63) is 334 Å². The molecule has 0 aromatic heterocycles.